The highest BCUT2D eigenvalue weighted by molar-refractivity contribution is 5.98. The van der Waals surface area contributed by atoms with E-state index in [1.54, 1.807) is 43.6 Å². The lowest BCUT2D eigenvalue weighted by atomic mass is 10.1. The van der Waals surface area contributed by atoms with E-state index in [2.05, 4.69) is 9.88 Å². The largest absolute Gasteiger partial charge is 0.356 e. The van der Waals surface area contributed by atoms with Gasteiger partial charge in [0.1, 0.15) is 11.6 Å². The molecule has 2 heterocycles. The molecule has 0 bridgehead atoms. The summed E-state index contributed by atoms with van der Waals surface area (Å²) < 4.78 is 13.8. The van der Waals surface area contributed by atoms with Crippen LogP contribution in [0.4, 0.5) is 10.2 Å². The molecule has 0 aliphatic carbocycles. The Labute approximate surface area is 135 Å². The predicted molar refractivity (Wildman–Crippen MR) is 87.9 cm³/mol. The zero-order valence-corrected chi connectivity index (χ0v) is 13.2. The van der Waals surface area contributed by atoms with Crippen LogP contribution in [-0.2, 0) is 6.54 Å². The van der Waals surface area contributed by atoms with Gasteiger partial charge < -0.3 is 9.80 Å². The van der Waals surface area contributed by atoms with Gasteiger partial charge in [-0.05, 0) is 31.0 Å². The average molecular weight is 313 g/mol. The number of aromatic nitrogens is 1. The van der Waals surface area contributed by atoms with E-state index in [0.717, 1.165) is 31.7 Å². The van der Waals surface area contributed by atoms with Gasteiger partial charge in [-0.1, -0.05) is 18.2 Å². The van der Waals surface area contributed by atoms with Gasteiger partial charge in [0.2, 0.25) is 0 Å². The predicted octanol–water partition coefficient (Wildman–Crippen LogP) is 3.09. The number of amides is 1. The van der Waals surface area contributed by atoms with Crippen molar-refractivity contribution in [3.63, 3.8) is 0 Å². The Bertz CT molecular complexity index is 698. The molecule has 0 saturated carbocycles. The van der Waals surface area contributed by atoms with Crippen LogP contribution >= 0.6 is 0 Å². The zero-order chi connectivity index (χ0) is 16.2. The molecular formula is C18H20FN3O. The highest BCUT2D eigenvalue weighted by Crippen LogP contribution is 2.23. The molecule has 0 radical (unpaired) electrons. The van der Waals surface area contributed by atoms with Crippen molar-refractivity contribution in [1.29, 1.82) is 0 Å². The number of carbonyl (C=O) groups is 1. The summed E-state index contributed by atoms with van der Waals surface area (Å²) in [4.78, 5) is 20.8. The number of pyridine rings is 1. The molecule has 4 nitrogen and oxygen atoms in total. The van der Waals surface area contributed by atoms with Crippen molar-refractivity contribution in [3.8, 4) is 0 Å². The summed E-state index contributed by atoms with van der Waals surface area (Å²) in [5.74, 6) is 0.303. The standard InChI is InChI=1S/C18H20FN3O/c1-21(13-14-7-2-3-9-16(14)19)18(23)15-8-6-10-20-17(15)22-11-4-5-12-22/h2-3,6-10H,4-5,11-13H2,1H3. The molecule has 1 aliphatic heterocycles. The Kier molecular flexibility index (Phi) is 4.55. The maximum absolute atomic E-state index is 13.8. The van der Waals surface area contributed by atoms with Crippen LogP contribution in [0.2, 0.25) is 0 Å². The molecule has 120 valence electrons. The van der Waals surface area contributed by atoms with Crippen molar-refractivity contribution < 1.29 is 9.18 Å². The number of rotatable bonds is 4. The molecule has 0 N–H and O–H groups in total. The first-order chi connectivity index (χ1) is 11.2. The van der Waals surface area contributed by atoms with Gasteiger partial charge in [0.25, 0.3) is 5.91 Å². The summed E-state index contributed by atoms with van der Waals surface area (Å²) in [7, 11) is 1.69. The maximum atomic E-state index is 13.8. The number of carbonyl (C=O) groups excluding carboxylic acids is 1. The van der Waals surface area contributed by atoms with Crippen molar-refractivity contribution in [3.05, 3.63) is 59.5 Å². The van der Waals surface area contributed by atoms with Gasteiger partial charge >= 0.3 is 0 Å². The van der Waals surface area contributed by atoms with Crippen LogP contribution in [0.25, 0.3) is 0 Å². The minimum absolute atomic E-state index is 0.136. The molecule has 23 heavy (non-hydrogen) atoms. The second kappa shape index (κ2) is 6.77. The topological polar surface area (TPSA) is 36.4 Å². The number of halogens is 1. The number of hydrogen-bond donors (Lipinski definition) is 0. The SMILES string of the molecule is CN(Cc1ccccc1F)C(=O)c1cccnc1N1CCCC1. The molecule has 1 fully saturated rings. The number of anilines is 1. The first-order valence-corrected chi connectivity index (χ1v) is 7.85. The van der Waals surface area contributed by atoms with Crippen molar-refractivity contribution in [2.24, 2.45) is 0 Å². The molecule has 0 unspecified atom stereocenters. The fourth-order valence-corrected chi connectivity index (χ4v) is 2.90. The minimum atomic E-state index is -0.293. The molecule has 1 saturated heterocycles. The third-order valence-corrected chi connectivity index (χ3v) is 4.13. The fraction of sp³-hybridized carbons (Fsp3) is 0.333. The Hall–Kier alpha value is -2.43. The van der Waals surface area contributed by atoms with Gasteiger partial charge in [-0.15, -0.1) is 0 Å². The first-order valence-electron chi connectivity index (χ1n) is 7.85. The lowest BCUT2D eigenvalue weighted by Crippen LogP contribution is -2.30. The van der Waals surface area contributed by atoms with Crippen LogP contribution in [0.3, 0.4) is 0 Å². The average Bonchev–Trinajstić information content (AvgIpc) is 3.10. The number of nitrogens with zero attached hydrogens (tertiary/aromatic N) is 3. The smallest absolute Gasteiger partial charge is 0.257 e. The minimum Gasteiger partial charge on any atom is -0.356 e. The van der Waals surface area contributed by atoms with E-state index in [1.165, 1.54) is 11.0 Å². The van der Waals surface area contributed by atoms with Gasteiger partial charge in [0.15, 0.2) is 0 Å². The van der Waals surface area contributed by atoms with E-state index in [1.807, 2.05) is 0 Å². The quantitative estimate of drug-likeness (QED) is 0.870. The van der Waals surface area contributed by atoms with E-state index < -0.39 is 0 Å². The summed E-state index contributed by atoms with van der Waals surface area (Å²) in [6.07, 6.45) is 3.95. The van der Waals surface area contributed by atoms with Crippen molar-refractivity contribution >= 4 is 11.7 Å². The third-order valence-electron chi connectivity index (χ3n) is 4.13. The van der Waals surface area contributed by atoms with E-state index in [-0.39, 0.29) is 18.3 Å². The molecular weight excluding hydrogens is 293 g/mol. The van der Waals surface area contributed by atoms with Crippen molar-refractivity contribution in [2.75, 3.05) is 25.0 Å². The monoisotopic (exact) mass is 313 g/mol. The van der Waals surface area contributed by atoms with Crippen molar-refractivity contribution in [1.82, 2.24) is 9.88 Å². The summed E-state index contributed by atoms with van der Waals surface area (Å²) in [6.45, 7) is 2.09. The Morgan fingerprint density at radius 2 is 1.96 bits per heavy atom. The molecule has 0 atom stereocenters. The summed E-state index contributed by atoms with van der Waals surface area (Å²) >= 11 is 0. The van der Waals surface area contributed by atoms with E-state index >= 15 is 0 Å². The first kappa shape index (κ1) is 15.5. The molecule has 0 spiro atoms. The number of hydrogen-bond acceptors (Lipinski definition) is 3. The van der Waals surface area contributed by atoms with Crippen LogP contribution in [0, 0.1) is 5.82 Å². The van der Waals surface area contributed by atoms with E-state index in [0.29, 0.717) is 11.1 Å². The van der Waals surface area contributed by atoms with Gasteiger partial charge in [-0.25, -0.2) is 9.37 Å². The molecule has 3 rings (SSSR count). The lowest BCUT2D eigenvalue weighted by Gasteiger charge is -2.23. The molecule has 1 aromatic carbocycles. The molecule has 5 heteroatoms. The lowest BCUT2D eigenvalue weighted by molar-refractivity contribution is 0.0784. The van der Waals surface area contributed by atoms with Crippen LogP contribution in [-0.4, -0.2) is 35.9 Å². The maximum Gasteiger partial charge on any atom is 0.257 e. The van der Waals surface area contributed by atoms with E-state index in [9.17, 15) is 9.18 Å². The molecule has 1 amide bonds. The fourth-order valence-electron chi connectivity index (χ4n) is 2.90. The third kappa shape index (κ3) is 3.33. The van der Waals surface area contributed by atoms with Crippen LogP contribution < -0.4 is 4.90 Å². The second-order valence-electron chi connectivity index (χ2n) is 5.82. The van der Waals surface area contributed by atoms with Gasteiger partial charge in [-0.3, -0.25) is 4.79 Å². The molecule has 1 aromatic heterocycles. The van der Waals surface area contributed by atoms with Crippen molar-refractivity contribution in [2.45, 2.75) is 19.4 Å². The molecule has 2 aromatic rings. The Morgan fingerprint density at radius 1 is 1.22 bits per heavy atom. The Balaban J connectivity index is 1.81. The molecule has 1 aliphatic rings. The summed E-state index contributed by atoms with van der Waals surface area (Å²) in [5, 5.41) is 0. The van der Waals surface area contributed by atoms with E-state index in [4.69, 9.17) is 0 Å². The van der Waals surface area contributed by atoms with Crippen LogP contribution in [0.5, 0.6) is 0 Å². The highest BCUT2D eigenvalue weighted by atomic mass is 19.1. The second-order valence-corrected chi connectivity index (χ2v) is 5.82. The highest BCUT2D eigenvalue weighted by Gasteiger charge is 2.23. The van der Waals surface area contributed by atoms with Crippen LogP contribution in [0.15, 0.2) is 42.6 Å². The number of benzene rings is 1. The normalized spacial score (nSPS) is 14.1. The summed E-state index contributed by atoms with van der Waals surface area (Å²) in [5.41, 5.74) is 1.09. The zero-order valence-electron chi connectivity index (χ0n) is 13.2. The summed E-state index contributed by atoms with van der Waals surface area (Å²) in [6, 6.07) is 10.1. The van der Waals surface area contributed by atoms with Gasteiger partial charge in [-0.2, -0.15) is 0 Å². The van der Waals surface area contributed by atoms with Crippen LogP contribution in [0.1, 0.15) is 28.8 Å². The van der Waals surface area contributed by atoms with Gasteiger partial charge in [0.05, 0.1) is 5.56 Å². The van der Waals surface area contributed by atoms with Gasteiger partial charge in [0, 0.05) is 38.4 Å². The Morgan fingerprint density at radius 3 is 2.70 bits per heavy atom.